The van der Waals surface area contributed by atoms with Gasteiger partial charge in [-0.2, -0.15) is 0 Å². The monoisotopic (exact) mass is 318 g/mol. The van der Waals surface area contributed by atoms with Gasteiger partial charge in [0.25, 0.3) is 0 Å². The van der Waals surface area contributed by atoms with E-state index in [0.29, 0.717) is 18.7 Å². The van der Waals surface area contributed by atoms with Gasteiger partial charge in [-0.15, -0.1) is 0 Å². The van der Waals surface area contributed by atoms with Crippen molar-refractivity contribution >= 4 is 10.9 Å². The summed E-state index contributed by atoms with van der Waals surface area (Å²) in [6.07, 6.45) is 6.56. The lowest BCUT2D eigenvalue weighted by atomic mass is 10.0. The number of hydrogen-bond donors (Lipinski definition) is 2. The summed E-state index contributed by atoms with van der Waals surface area (Å²) in [5, 5.41) is 20.3. The molecule has 0 unspecified atom stereocenters. The van der Waals surface area contributed by atoms with E-state index in [-0.39, 0.29) is 19.0 Å². The van der Waals surface area contributed by atoms with Gasteiger partial charge in [0.05, 0.1) is 5.52 Å². The minimum absolute atomic E-state index is 0. The highest BCUT2D eigenvalue weighted by Gasteiger charge is 2.11. The first-order valence-electron chi connectivity index (χ1n) is 7.04. The second-order valence-electron chi connectivity index (χ2n) is 5.28. The molecule has 0 bridgehead atoms. The second-order valence-corrected chi connectivity index (χ2v) is 5.28. The van der Waals surface area contributed by atoms with Crippen LogP contribution in [-0.4, -0.2) is 21.4 Å². The van der Waals surface area contributed by atoms with Gasteiger partial charge in [-0.05, 0) is 23.8 Å². The normalized spacial score (nSPS) is 10.6. The second kappa shape index (κ2) is 6.81. The molecule has 116 valence electrons. The van der Waals surface area contributed by atoms with Crippen LogP contribution >= 0.6 is 0 Å². The van der Waals surface area contributed by atoms with Gasteiger partial charge in [-0.1, -0.05) is 6.07 Å². The Hall–Kier alpha value is -2.04. The summed E-state index contributed by atoms with van der Waals surface area (Å²) in [6, 6.07) is 9.94. The van der Waals surface area contributed by atoms with Gasteiger partial charge in [0.2, 0.25) is 0 Å². The molecule has 0 aliphatic rings. The van der Waals surface area contributed by atoms with Gasteiger partial charge in [0, 0.05) is 36.7 Å². The van der Waals surface area contributed by atoms with E-state index in [2.05, 4.69) is 0 Å². The average molecular weight is 319 g/mol. The molecule has 2 heterocycles. The lowest BCUT2D eigenvalue weighted by Gasteiger charge is -2.06. The van der Waals surface area contributed by atoms with Crippen LogP contribution in [0.3, 0.4) is 0 Å². The van der Waals surface area contributed by atoms with Crippen LogP contribution in [0.25, 0.3) is 10.9 Å². The van der Waals surface area contributed by atoms with Gasteiger partial charge in [0.1, 0.15) is 12.4 Å². The Bertz CT molecular complexity index is 783. The van der Waals surface area contributed by atoms with Crippen molar-refractivity contribution in [1.29, 1.82) is 0 Å². The Balaban J connectivity index is 0.00000176. The molecule has 0 fully saturated rings. The lowest BCUT2D eigenvalue weighted by molar-refractivity contribution is -0.698. The molecule has 1 aromatic carbocycles. The Kier molecular flexibility index (Phi) is 5.06. The summed E-state index contributed by atoms with van der Waals surface area (Å²) >= 11 is 0. The van der Waals surface area contributed by atoms with E-state index in [1.165, 1.54) is 0 Å². The lowest BCUT2D eigenvalue weighted by Crippen LogP contribution is -3.00. The van der Waals surface area contributed by atoms with Crippen LogP contribution in [0.5, 0.6) is 5.75 Å². The van der Waals surface area contributed by atoms with Crippen molar-refractivity contribution in [2.24, 2.45) is 7.05 Å². The molecule has 2 aromatic heterocycles. The fourth-order valence-corrected chi connectivity index (χ4v) is 2.68. The molecule has 0 spiro atoms. The van der Waals surface area contributed by atoms with Gasteiger partial charge < -0.3 is 27.2 Å². The number of pyridine rings is 1. The summed E-state index contributed by atoms with van der Waals surface area (Å²) in [5.74, 6) is 0.352. The molecule has 0 saturated heterocycles. The number of aliphatic hydroxyl groups excluding tert-OH is 1. The maximum Gasteiger partial charge on any atom is 0.172 e. The number of rotatable bonds is 4. The number of phenolic OH excluding ortho intramolecular Hbond substituents is 1. The van der Waals surface area contributed by atoms with Crippen molar-refractivity contribution in [3.63, 3.8) is 0 Å². The number of fused-ring (bicyclic) bond motifs is 1. The van der Waals surface area contributed by atoms with E-state index in [4.69, 9.17) is 5.11 Å². The first-order chi connectivity index (χ1) is 10.2. The van der Waals surface area contributed by atoms with Crippen molar-refractivity contribution < 1.29 is 27.2 Å². The Morgan fingerprint density at radius 1 is 1.18 bits per heavy atom. The summed E-state index contributed by atoms with van der Waals surface area (Å²) < 4.78 is 3.95. The predicted molar refractivity (Wildman–Crippen MR) is 81.1 cm³/mol. The third-order valence-corrected chi connectivity index (χ3v) is 3.79. The quantitative estimate of drug-likeness (QED) is 0.591. The highest BCUT2D eigenvalue weighted by molar-refractivity contribution is 5.87. The van der Waals surface area contributed by atoms with Crippen LogP contribution in [0, 0.1) is 0 Å². The Morgan fingerprint density at radius 3 is 2.77 bits per heavy atom. The number of aryl methyl sites for hydroxylation is 1. The van der Waals surface area contributed by atoms with Crippen LogP contribution in [0.1, 0.15) is 11.1 Å². The molecule has 0 amide bonds. The van der Waals surface area contributed by atoms with E-state index in [1.54, 1.807) is 0 Å². The average Bonchev–Trinajstić information content (AvgIpc) is 2.85. The Labute approximate surface area is 135 Å². The number of aromatic nitrogens is 2. The van der Waals surface area contributed by atoms with Gasteiger partial charge in [0.15, 0.2) is 18.9 Å². The number of benzene rings is 1. The molecular weight excluding hydrogens is 300 g/mol. The number of aromatic hydroxyl groups is 1. The maximum atomic E-state index is 10.4. The van der Waals surface area contributed by atoms with Crippen LogP contribution in [0.15, 0.2) is 48.9 Å². The zero-order chi connectivity index (χ0) is 14.8. The predicted octanol–water partition coefficient (Wildman–Crippen LogP) is -1.24. The minimum Gasteiger partial charge on any atom is -1.00 e. The Morgan fingerprint density at radius 2 is 2.00 bits per heavy atom. The third kappa shape index (κ3) is 3.08. The molecule has 0 aliphatic heterocycles. The molecule has 4 nitrogen and oxygen atoms in total. The molecule has 5 heteroatoms. The van der Waals surface area contributed by atoms with Gasteiger partial charge in [-0.25, -0.2) is 4.57 Å². The number of nitrogens with zero attached hydrogens (tertiary/aromatic N) is 2. The van der Waals surface area contributed by atoms with Crippen molar-refractivity contribution in [2.45, 2.75) is 13.0 Å². The smallest absolute Gasteiger partial charge is 0.172 e. The molecular formula is C17H19ClN2O2. The van der Waals surface area contributed by atoms with Gasteiger partial charge in [-0.3, -0.25) is 0 Å². The molecule has 0 saturated carbocycles. The van der Waals surface area contributed by atoms with Crippen molar-refractivity contribution in [1.82, 2.24) is 4.57 Å². The largest absolute Gasteiger partial charge is 1.00 e. The highest BCUT2D eigenvalue weighted by Crippen LogP contribution is 2.30. The minimum atomic E-state index is 0. The van der Waals surface area contributed by atoms with E-state index in [9.17, 15) is 5.11 Å². The molecule has 0 aliphatic carbocycles. The van der Waals surface area contributed by atoms with E-state index >= 15 is 0 Å². The fraction of sp³-hybridized carbons (Fsp3) is 0.235. The molecule has 2 N–H and O–H groups in total. The SMILES string of the molecule is Cn1ccc2c(O)c(Cc3ccc[n+](CCO)c3)ccc21.[Cl-]. The third-order valence-electron chi connectivity index (χ3n) is 3.79. The molecule has 0 atom stereocenters. The fourth-order valence-electron chi connectivity index (χ4n) is 2.68. The standard InChI is InChI=1S/C17H18N2O2.ClH/c1-18-8-6-15-16(18)5-4-14(17(15)21)11-13-3-2-7-19(12-13)9-10-20;/h2-8,12,20H,9-11H2,1H3;1H. The summed E-state index contributed by atoms with van der Waals surface area (Å²) in [4.78, 5) is 0. The van der Waals surface area contributed by atoms with Crippen molar-refractivity contribution in [3.8, 4) is 5.75 Å². The van der Waals surface area contributed by atoms with E-state index in [1.807, 2.05) is 65.1 Å². The van der Waals surface area contributed by atoms with Gasteiger partial charge >= 0.3 is 0 Å². The number of halogens is 1. The maximum absolute atomic E-state index is 10.4. The number of phenols is 1. The molecule has 22 heavy (non-hydrogen) atoms. The van der Waals surface area contributed by atoms with Crippen molar-refractivity contribution in [2.75, 3.05) is 6.61 Å². The van der Waals surface area contributed by atoms with Crippen LogP contribution < -0.4 is 17.0 Å². The first kappa shape index (κ1) is 16.3. The summed E-state index contributed by atoms with van der Waals surface area (Å²) in [6.45, 7) is 0.701. The summed E-state index contributed by atoms with van der Waals surface area (Å²) in [5.41, 5.74) is 3.05. The number of hydrogen-bond acceptors (Lipinski definition) is 2. The zero-order valence-electron chi connectivity index (χ0n) is 12.4. The van der Waals surface area contributed by atoms with Crippen molar-refractivity contribution in [3.05, 3.63) is 60.0 Å². The van der Waals surface area contributed by atoms with E-state index < -0.39 is 0 Å². The molecule has 3 rings (SSSR count). The molecule has 3 aromatic rings. The van der Waals surface area contributed by atoms with Crippen LogP contribution in [0.2, 0.25) is 0 Å². The first-order valence-corrected chi connectivity index (χ1v) is 7.04. The zero-order valence-corrected chi connectivity index (χ0v) is 13.2. The number of aliphatic hydroxyl groups is 1. The topological polar surface area (TPSA) is 49.3 Å². The summed E-state index contributed by atoms with van der Waals surface area (Å²) in [7, 11) is 1.97. The van der Waals surface area contributed by atoms with Crippen LogP contribution in [0.4, 0.5) is 0 Å². The van der Waals surface area contributed by atoms with E-state index in [0.717, 1.165) is 22.0 Å². The molecule has 0 radical (unpaired) electrons. The van der Waals surface area contributed by atoms with Crippen LogP contribution in [-0.2, 0) is 20.0 Å². The highest BCUT2D eigenvalue weighted by atomic mass is 35.5.